The number of hydrogen-bond acceptors (Lipinski definition) is 4. The van der Waals surface area contributed by atoms with E-state index in [-0.39, 0.29) is 29.7 Å². The Morgan fingerprint density at radius 3 is 2.50 bits per heavy atom. The van der Waals surface area contributed by atoms with Crippen LogP contribution in [-0.2, 0) is 21.4 Å². The quantitative estimate of drug-likeness (QED) is 0.772. The third-order valence-electron chi connectivity index (χ3n) is 3.86. The average Bonchev–Trinajstić information content (AvgIpc) is 2.60. The molecule has 0 aliphatic rings. The molecule has 1 amide bonds. The highest BCUT2D eigenvalue weighted by Crippen LogP contribution is 2.21. The Balaban J connectivity index is 2.00. The predicted molar refractivity (Wildman–Crippen MR) is 98.8 cm³/mol. The number of amides is 1. The Labute approximate surface area is 153 Å². The van der Waals surface area contributed by atoms with Gasteiger partial charge in [-0.2, -0.15) is 0 Å². The summed E-state index contributed by atoms with van der Waals surface area (Å²) in [7, 11) is -0.641. The van der Waals surface area contributed by atoms with Crippen LogP contribution < -0.4 is 10.6 Å². The van der Waals surface area contributed by atoms with Crippen molar-refractivity contribution in [3.63, 3.8) is 0 Å². The Morgan fingerprint density at radius 2 is 1.85 bits per heavy atom. The molecule has 0 heterocycles. The lowest BCUT2D eigenvalue weighted by molar-refractivity contribution is -0.119. The van der Waals surface area contributed by atoms with Gasteiger partial charge in [0.1, 0.15) is 5.82 Å². The van der Waals surface area contributed by atoms with Gasteiger partial charge in [-0.25, -0.2) is 17.1 Å². The van der Waals surface area contributed by atoms with E-state index in [9.17, 15) is 17.6 Å². The van der Waals surface area contributed by atoms with E-state index in [2.05, 4.69) is 10.6 Å². The fourth-order valence-electron chi connectivity index (χ4n) is 2.24. The molecule has 2 aromatic rings. The number of anilines is 1. The number of aryl methyl sites for hydroxylation is 1. The molecule has 6 nitrogen and oxygen atoms in total. The predicted octanol–water partition coefficient (Wildman–Crippen LogP) is 2.11. The van der Waals surface area contributed by atoms with Gasteiger partial charge in [0.2, 0.25) is 15.9 Å². The standard InChI is InChI=1S/C18H22FN3O3S/c1-13-8-9-15(26(24,25)22(2)3)10-17(13)20-12-18(23)21-11-14-6-4-5-7-16(14)19/h4-10,20H,11-12H2,1-3H3,(H,21,23). The Hall–Kier alpha value is -2.45. The number of nitrogens with zero attached hydrogens (tertiary/aromatic N) is 1. The highest BCUT2D eigenvalue weighted by atomic mass is 32.2. The zero-order chi connectivity index (χ0) is 19.3. The molecule has 0 saturated heterocycles. The van der Waals surface area contributed by atoms with Gasteiger partial charge >= 0.3 is 0 Å². The molecule has 0 unspecified atom stereocenters. The fraction of sp³-hybridized carbons (Fsp3) is 0.278. The summed E-state index contributed by atoms with van der Waals surface area (Å²) < 4.78 is 39.1. The third kappa shape index (κ3) is 4.80. The SMILES string of the molecule is Cc1ccc(S(=O)(=O)N(C)C)cc1NCC(=O)NCc1ccccc1F. The molecular formula is C18H22FN3O3S. The normalized spacial score (nSPS) is 11.4. The first kappa shape index (κ1) is 19.9. The van der Waals surface area contributed by atoms with Crippen molar-refractivity contribution < 1.29 is 17.6 Å². The van der Waals surface area contributed by atoms with E-state index in [1.54, 1.807) is 24.3 Å². The summed E-state index contributed by atoms with van der Waals surface area (Å²) in [4.78, 5) is 12.1. The van der Waals surface area contributed by atoms with E-state index < -0.39 is 10.0 Å². The first-order valence-electron chi connectivity index (χ1n) is 7.99. The molecule has 8 heteroatoms. The first-order valence-corrected chi connectivity index (χ1v) is 9.43. The lowest BCUT2D eigenvalue weighted by atomic mass is 10.2. The summed E-state index contributed by atoms with van der Waals surface area (Å²) in [5.74, 6) is -0.702. The van der Waals surface area contributed by atoms with Crippen LogP contribution in [0.3, 0.4) is 0 Å². The number of nitrogens with one attached hydrogen (secondary N) is 2. The largest absolute Gasteiger partial charge is 0.376 e. The Morgan fingerprint density at radius 1 is 1.15 bits per heavy atom. The van der Waals surface area contributed by atoms with Crippen LogP contribution in [0.1, 0.15) is 11.1 Å². The van der Waals surface area contributed by atoms with E-state index in [0.29, 0.717) is 11.3 Å². The van der Waals surface area contributed by atoms with Crippen molar-refractivity contribution in [2.75, 3.05) is 26.0 Å². The van der Waals surface area contributed by atoms with E-state index in [1.807, 2.05) is 6.92 Å². The van der Waals surface area contributed by atoms with Crippen LogP contribution in [0.2, 0.25) is 0 Å². The minimum atomic E-state index is -3.55. The molecule has 0 atom stereocenters. The minimum absolute atomic E-state index is 0.0548. The molecule has 0 bridgehead atoms. The molecule has 0 aliphatic carbocycles. The summed E-state index contributed by atoms with van der Waals surface area (Å²) in [6.45, 7) is 1.84. The minimum Gasteiger partial charge on any atom is -0.376 e. The second kappa shape index (κ2) is 8.29. The van der Waals surface area contributed by atoms with Crippen molar-refractivity contribution in [2.24, 2.45) is 0 Å². The molecule has 0 radical (unpaired) electrons. The zero-order valence-corrected chi connectivity index (χ0v) is 15.7. The topological polar surface area (TPSA) is 78.5 Å². The third-order valence-corrected chi connectivity index (χ3v) is 5.67. The molecule has 2 aromatic carbocycles. The summed E-state index contributed by atoms with van der Waals surface area (Å²) in [5, 5.41) is 5.55. The van der Waals surface area contributed by atoms with E-state index in [4.69, 9.17) is 0 Å². The maximum Gasteiger partial charge on any atom is 0.242 e. The van der Waals surface area contributed by atoms with Crippen LogP contribution in [0.25, 0.3) is 0 Å². The monoisotopic (exact) mass is 379 g/mol. The molecular weight excluding hydrogens is 357 g/mol. The van der Waals surface area contributed by atoms with Gasteiger partial charge in [0.15, 0.2) is 0 Å². The van der Waals surface area contributed by atoms with Crippen LogP contribution in [-0.4, -0.2) is 39.3 Å². The van der Waals surface area contributed by atoms with Crippen molar-refractivity contribution in [3.05, 3.63) is 59.4 Å². The van der Waals surface area contributed by atoms with E-state index in [0.717, 1.165) is 9.87 Å². The molecule has 140 valence electrons. The molecule has 0 spiro atoms. The van der Waals surface area contributed by atoms with Crippen LogP contribution in [0, 0.1) is 12.7 Å². The van der Waals surface area contributed by atoms with Gasteiger partial charge < -0.3 is 10.6 Å². The van der Waals surface area contributed by atoms with Crippen LogP contribution in [0.4, 0.5) is 10.1 Å². The first-order chi connectivity index (χ1) is 12.2. The number of carbonyl (C=O) groups excluding carboxylic acids is 1. The Bertz CT molecular complexity index is 898. The average molecular weight is 379 g/mol. The number of benzene rings is 2. The number of carbonyl (C=O) groups is 1. The summed E-state index contributed by atoms with van der Waals surface area (Å²) in [5.41, 5.74) is 1.76. The molecule has 2 rings (SSSR count). The van der Waals surface area contributed by atoms with Crippen LogP contribution in [0.15, 0.2) is 47.4 Å². The molecule has 0 aromatic heterocycles. The number of halogens is 1. The fourth-order valence-corrected chi connectivity index (χ4v) is 3.16. The summed E-state index contributed by atoms with van der Waals surface area (Å²) in [6.07, 6.45) is 0. The van der Waals surface area contributed by atoms with Crippen molar-refractivity contribution in [3.8, 4) is 0 Å². The van der Waals surface area contributed by atoms with Gasteiger partial charge in [0, 0.05) is 31.9 Å². The van der Waals surface area contributed by atoms with E-state index >= 15 is 0 Å². The van der Waals surface area contributed by atoms with Gasteiger partial charge in [-0.15, -0.1) is 0 Å². The van der Waals surface area contributed by atoms with Crippen LogP contribution >= 0.6 is 0 Å². The van der Waals surface area contributed by atoms with Crippen molar-refractivity contribution in [1.82, 2.24) is 9.62 Å². The van der Waals surface area contributed by atoms with Crippen molar-refractivity contribution in [1.29, 1.82) is 0 Å². The maximum atomic E-state index is 13.5. The van der Waals surface area contributed by atoms with Gasteiger partial charge in [-0.1, -0.05) is 24.3 Å². The highest BCUT2D eigenvalue weighted by Gasteiger charge is 2.18. The second-order valence-corrected chi connectivity index (χ2v) is 8.14. The van der Waals surface area contributed by atoms with Gasteiger partial charge in [-0.3, -0.25) is 4.79 Å². The van der Waals surface area contributed by atoms with Gasteiger partial charge in [0.05, 0.1) is 11.4 Å². The molecule has 26 heavy (non-hydrogen) atoms. The number of rotatable bonds is 7. The lowest BCUT2D eigenvalue weighted by Crippen LogP contribution is -2.30. The second-order valence-electron chi connectivity index (χ2n) is 5.99. The van der Waals surface area contributed by atoms with E-state index in [1.165, 1.54) is 32.3 Å². The van der Waals surface area contributed by atoms with Gasteiger partial charge in [0.25, 0.3) is 0 Å². The zero-order valence-electron chi connectivity index (χ0n) is 14.9. The van der Waals surface area contributed by atoms with Crippen molar-refractivity contribution >= 4 is 21.6 Å². The smallest absolute Gasteiger partial charge is 0.242 e. The van der Waals surface area contributed by atoms with Gasteiger partial charge in [-0.05, 0) is 30.7 Å². The molecule has 2 N–H and O–H groups in total. The number of sulfonamides is 1. The summed E-state index contributed by atoms with van der Waals surface area (Å²) in [6, 6.07) is 10.9. The lowest BCUT2D eigenvalue weighted by Gasteiger charge is -2.15. The highest BCUT2D eigenvalue weighted by molar-refractivity contribution is 7.89. The Kier molecular flexibility index (Phi) is 6.33. The maximum absolute atomic E-state index is 13.5. The molecule has 0 saturated carbocycles. The molecule has 0 aliphatic heterocycles. The number of hydrogen-bond donors (Lipinski definition) is 2. The van der Waals surface area contributed by atoms with Crippen molar-refractivity contribution in [2.45, 2.75) is 18.4 Å². The summed E-state index contributed by atoms with van der Waals surface area (Å²) >= 11 is 0. The molecule has 0 fully saturated rings. The van der Waals surface area contributed by atoms with Crippen LogP contribution in [0.5, 0.6) is 0 Å².